The molecule has 0 saturated heterocycles. The van der Waals surface area contributed by atoms with Crippen molar-refractivity contribution < 1.29 is 14.6 Å². The maximum Gasteiger partial charge on any atom is 0.328 e. The van der Waals surface area contributed by atoms with Crippen molar-refractivity contribution >= 4 is 5.97 Å². The highest BCUT2D eigenvalue weighted by molar-refractivity contribution is 5.81. The van der Waals surface area contributed by atoms with Crippen molar-refractivity contribution in [2.45, 2.75) is 64.9 Å². The zero-order chi connectivity index (χ0) is 15.2. The molecule has 1 aliphatic carbocycles. The van der Waals surface area contributed by atoms with Gasteiger partial charge in [0.05, 0.1) is 5.60 Å². The predicted octanol–water partition coefficient (Wildman–Crippen LogP) is 4.34. The van der Waals surface area contributed by atoms with Gasteiger partial charge in [0.15, 0.2) is 0 Å². The summed E-state index contributed by atoms with van der Waals surface area (Å²) in [5.41, 5.74) is 2.33. The first-order valence-corrected chi connectivity index (χ1v) is 7.50. The van der Waals surface area contributed by atoms with E-state index in [1.807, 2.05) is 0 Å². The molecule has 3 heteroatoms. The summed E-state index contributed by atoms with van der Waals surface area (Å²) < 4.78 is 5.43. The van der Waals surface area contributed by atoms with E-state index in [2.05, 4.69) is 26.8 Å². The van der Waals surface area contributed by atoms with Crippen LogP contribution in [0.15, 0.2) is 23.3 Å². The third-order valence-electron chi connectivity index (χ3n) is 4.07. The highest BCUT2D eigenvalue weighted by Gasteiger charge is 2.17. The Bertz CT molecular complexity index is 391. The summed E-state index contributed by atoms with van der Waals surface area (Å²) in [6.07, 6.45) is 9.84. The maximum atomic E-state index is 10.6. The highest BCUT2D eigenvalue weighted by Crippen LogP contribution is 2.30. The van der Waals surface area contributed by atoms with E-state index in [-0.39, 0.29) is 5.60 Å². The third kappa shape index (κ3) is 6.38. The Morgan fingerprint density at radius 1 is 1.50 bits per heavy atom. The van der Waals surface area contributed by atoms with E-state index >= 15 is 0 Å². The summed E-state index contributed by atoms with van der Waals surface area (Å²) in [6.45, 7) is 6.53. The zero-order valence-electron chi connectivity index (χ0n) is 13.2. The zero-order valence-corrected chi connectivity index (χ0v) is 13.2. The number of methoxy groups -OCH3 is 1. The van der Waals surface area contributed by atoms with Gasteiger partial charge in [0.1, 0.15) is 0 Å². The van der Waals surface area contributed by atoms with Crippen LogP contribution in [0.25, 0.3) is 0 Å². The average molecular weight is 280 g/mol. The Labute approximate surface area is 122 Å². The Balaban J connectivity index is 2.33. The maximum absolute atomic E-state index is 10.6. The third-order valence-corrected chi connectivity index (χ3v) is 4.07. The molecule has 0 aromatic heterocycles. The molecule has 3 nitrogen and oxygen atoms in total. The van der Waals surface area contributed by atoms with Gasteiger partial charge < -0.3 is 9.84 Å². The summed E-state index contributed by atoms with van der Waals surface area (Å²) >= 11 is 0. The fourth-order valence-electron chi connectivity index (χ4n) is 2.67. The van der Waals surface area contributed by atoms with Crippen LogP contribution in [0, 0.1) is 5.92 Å². The molecular weight excluding hydrogens is 252 g/mol. The summed E-state index contributed by atoms with van der Waals surface area (Å²) in [7, 11) is 1.77. The Hall–Kier alpha value is -1.09. The highest BCUT2D eigenvalue weighted by atomic mass is 16.5. The molecular formula is C17H28O3. The lowest BCUT2D eigenvalue weighted by atomic mass is 9.92. The van der Waals surface area contributed by atoms with Crippen LogP contribution in [0.2, 0.25) is 0 Å². The minimum absolute atomic E-state index is 0.0241. The van der Waals surface area contributed by atoms with Gasteiger partial charge in [-0.15, -0.1) is 0 Å². The molecule has 0 aromatic rings. The van der Waals surface area contributed by atoms with Gasteiger partial charge in [-0.05, 0) is 51.0 Å². The van der Waals surface area contributed by atoms with E-state index in [9.17, 15) is 4.79 Å². The number of carbonyl (C=O) groups is 1. The minimum Gasteiger partial charge on any atom is -0.478 e. The lowest BCUT2D eigenvalue weighted by molar-refractivity contribution is -0.131. The molecule has 0 heterocycles. The topological polar surface area (TPSA) is 46.5 Å². The number of allylic oxidation sites excluding steroid dienone is 3. The van der Waals surface area contributed by atoms with E-state index < -0.39 is 5.97 Å². The number of ether oxygens (including phenoxy) is 1. The Morgan fingerprint density at radius 3 is 2.80 bits per heavy atom. The summed E-state index contributed by atoms with van der Waals surface area (Å²) in [5, 5.41) is 8.74. The van der Waals surface area contributed by atoms with E-state index in [1.165, 1.54) is 24.5 Å². The van der Waals surface area contributed by atoms with E-state index in [0.29, 0.717) is 5.92 Å². The van der Waals surface area contributed by atoms with Crippen LogP contribution < -0.4 is 0 Å². The largest absolute Gasteiger partial charge is 0.478 e. The van der Waals surface area contributed by atoms with Crippen LogP contribution in [0.3, 0.4) is 0 Å². The smallest absolute Gasteiger partial charge is 0.328 e. The van der Waals surface area contributed by atoms with E-state index in [4.69, 9.17) is 9.84 Å². The number of hydrogen-bond donors (Lipinski definition) is 1. The predicted molar refractivity (Wildman–Crippen MR) is 81.8 cm³/mol. The molecule has 1 rings (SSSR count). The second-order valence-electron chi connectivity index (χ2n) is 6.53. The van der Waals surface area contributed by atoms with Crippen molar-refractivity contribution in [3.63, 3.8) is 0 Å². The van der Waals surface area contributed by atoms with Gasteiger partial charge in [0, 0.05) is 13.2 Å². The summed E-state index contributed by atoms with van der Waals surface area (Å²) in [5.74, 6) is -0.189. The molecule has 0 fully saturated rings. The molecule has 114 valence electrons. The van der Waals surface area contributed by atoms with Crippen LogP contribution in [0.4, 0.5) is 0 Å². The fourth-order valence-corrected chi connectivity index (χ4v) is 2.67. The lowest BCUT2D eigenvalue weighted by Gasteiger charge is -2.23. The fraction of sp³-hybridized carbons (Fsp3) is 0.706. The van der Waals surface area contributed by atoms with Crippen molar-refractivity contribution in [2.75, 3.05) is 7.11 Å². The molecule has 1 unspecified atom stereocenters. The van der Waals surface area contributed by atoms with Gasteiger partial charge in [-0.1, -0.05) is 31.4 Å². The number of hydrogen-bond acceptors (Lipinski definition) is 2. The molecule has 1 N–H and O–H groups in total. The quantitative estimate of drug-likeness (QED) is 0.673. The van der Waals surface area contributed by atoms with E-state index in [0.717, 1.165) is 31.3 Å². The van der Waals surface area contributed by atoms with Gasteiger partial charge in [-0.2, -0.15) is 0 Å². The molecule has 1 aliphatic rings. The van der Waals surface area contributed by atoms with Crippen LogP contribution in [-0.2, 0) is 9.53 Å². The van der Waals surface area contributed by atoms with Gasteiger partial charge in [0.25, 0.3) is 0 Å². The van der Waals surface area contributed by atoms with Crippen molar-refractivity contribution in [1.29, 1.82) is 0 Å². The SMILES string of the molecule is COC(C)(C)CCCC(C)CC1=C/C(=C/C(=O)O)CC1. The van der Waals surface area contributed by atoms with Crippen LogP contribution >= 0.6 is 0 Å². The first-order chi connectivity index (χ1) is 9.32. The second kappa shape index (κ2) is 7.63. The van der Waals surface area contributed by atoms with Gasteiger partial charge in [0.2, 0.25) is 0 Å². The molecule has 0 aliphatic heterocycles. The molecule has 0 saturated carbocycles. The van der Waals surface area contributed by atoms with Crippen molar-refractivity contribution in [1.82, 2.24) is 0 Å². The Kier molecular flexibility index (Phi) is 6.47. The first kappa shape index (κ1) is 17.0. The number of carboxylic acid groups (broad SMARTS) is 1. The number of rotatable bonds is 8. The van der Waals surface area contributed by atoms with Crippen molar-refractivity contribution in [3.05, 3.63) is 23.3 Å². The van der Waals surface area contributed by atoms with Gasteiger partial charge >= 0.3 is 5.97 Å². The standard InChI is InChI=1S/C17H28O3/c1-13(6-5-9-17(2,3)20-4)10-14-7-8-15(11-14)12-16(18)19/h11-13H,5-10H2,1-4H3,(H,18,19)/b15-12+. The molecule has 0 amide bonds. The lowest BCUT2D eigenvalue weighted by Crippen LogP contribution is -2.22. The van der Waals surface area contributed by atoms with Gasteiger partial charge in [-0.3, -0.25) is 0 Å². The van der Waals surface area contributed by atoms with Crippen LogP contribution in [0.5, 0.6) is 0 Å². The number of carboxylic acids is 1. The number of aliphatic carboxylic acids is 1. The molecule has 1 atom stereocenters. The normalized spacial score (nSPS) is 19.2. The van der Waals surface area contributed by atoms with Crippen LogP contribution in [-0.4, -0.2) is 23.8 Å². The van der Waals surface area contributed by atoms with E-state index in [1.54, 1.807) is 7.11 Å². The molecule has 0 aromatic carbocycles. The molecule has 0 bridgehead atoms. The van der Waals surface area contributed by atoms with Crippen LogP contribution in [0.1, 0.15) is 59.3 Å². The average Bonchev–Trinajstić information content (AvgIpc) is 2.75. The Morgan fingerprint density at radius 2 is 2.20 bits per heavy atom. The monoisotopic (exact) mass is 280 g/mol. The molecule has 0 spiro atoms. The summed E-state index contributed by atoms with van der Waals surface area (Å²) in [6, 6.07) is 0. The summed E-state index contributed by atoms with van der Waals surface area (Å²) in [4.78, 5) is 10.6. The molecule has 20 heavy (non-hydrogen) atoms. The second-order valence-corrected chi connectivity index (χ2v) is 6.53. The van der Waals surface area contributed by atoms with Crippen molar-refractivity contribution in [3.8, 4) is 0 Å². The van der Waals surface area contributed by atoms with Gasteiger partial charge in [-0.25, -0.2) is 4.79 Å². The minimum atomic E-state index is -0.840. The van der Waals surface area contributed by atoms with Crippen molar-refractivity contribution in [2.24, 2.45) is 5.92 Å². The molecule has 0 radical (unpaired) electrons. The first-order valence-electron chi connectivity index (χ1n) is 7.50.